The van der Waals surface area contributed by atoms with Crippen molar-refractivity contribution in [3.63, 3.8) is 0 Å². The van der Waals surface area contributed by atoms with E-state index in [1.807, 2.05) is 0 Å². The summed E-state index contributed by atoms with van der Waals surface area (Å²) in [5.74, 6) is -0.166. The minimum absolute atomic E-state index is 0.166. The van der Waals surface area contributed by atoms with E-state index in [9.17, 15) is 15.0 Å². The number of aliphatic hydroxyl groups is 2. The van der Waals surface area contributed by atoms with E-state index in [1.165, 1.54) is 6.92 Å². The van der Waals surface area contributed by atoms with Gasteiger partial charge in [0.2, 0.25) is 5.91 Å². The Labute approximate surface area is 127 Å². The second-order valence-corrected chi connectivity index (χ2v) is 5.26. The van der Waals surface area contributed by atoms with Gasteiger partial charge >= 0.3 is 0 Å². The highest BCUT2D eigenvalue weighted by molar-refractivity contribution is 6.35. The van der Waals surface area contributed by atoms with Crippen molar-refractivity contribution in [1.29, 1.82) is 0 Å². The van der Waals surface area contributed by atoms with Gasteiger partial charge in [-0.2, -0.15) is 0 Å². The molecule has 6 heteroatoms. The first kappa shape index (κ1) is 15.7. The first-order valence-corrected chi connectivity index (χ1v) is 7.01. The van der Waals surface area contributed by atoms with Crippen LogP contribution in [0.2, 0.25) is 5.02 Å². The Morgan fingerprint density at radius 2 is 2.14 bits per heavy atom. The Morgan fingerprint density at radius 1 is 1.38 bits per heavy atom. The summed E-state index contributed by atoms with van der Waals surface area (Å²) in [5.41, 5.74) is 1.29. The highest BCUT2D eigenvalue weighted by Gasteiger charge is 2.19. The van der Waals surface area contributed by atoms with E-state index in [0.717, 1.165) is 10.9 Å². The molecule has 0 aliphatic carbocycles. The van der Waals surface area contributed by atoms with Crippen molar-refractivity contribution in [3.8, 4) is 0 Å². The number of benzene rings is 1. The van der Waals surface area contributed by atoms with Gasteiger partial charge in [-0.1, -0.05) is 17.7 Å². The van der Waals surface area contributed by atoms with Gasteiger partial charge in [-0.3, -0.25) is 9.78 Å². The van der Waals surface area contributed by atoms with Crippen LogP contribution in [0.3, 0.4) is 0 Å². The largest absolute Gasteiger partial charge is 0.390 e. The molecule has 1 amide bonds. The molecule has 0 aliphatic rings. The maximum atomic E-state index is 10.8. The van der Waals surface area contributed by atoms with Crippen LogP contribution in [0, 0.1) is 0 Å². The number of pyridine rings is 1. The van der Waals surface area contributed by atoms with Crippen molar-refractivity contribution in [3.05, 3.63) is 41.0 Å². The van der Waals surface area contributed by atoms with Crippen molar-refractivity contribution in [2.24, 2.45) is 0 Å². The molecule has 0 radical (unpaired) electrons. The number of carbonyl (C=O) groups excluding carboxylic acids is 1. The molecule has 0 bridgehead atoms. The second kappa shape index (κ2) is 6.85. The molecule has 2 aromatic rings. The zero-order chi connectivity index (χ0) is 15.4. The summed E-state index contributed by atoms with van der Waals surface area (Å²) in [6.07, 6.45) is -0.132. The van der Waals surface area contributed by atoms with Crippen molar-refractivity contribution < 1.29 is 15.0 Å². The standard InChI is InChI=1S/C15H17ClN2O3/c1-9(19)17-7-5-14(20)15(21)10-2-3-13-11(8-10)12(16)4-6-18-13/h2-4,6,8,14-15,20-21H,5,7H2,1H3,(H,17,19). The SMILES string of the molecule is CC(=O)NCCC(O)C(O)c1ccc2nccc(Cl)c2c1. The van der Waals surface area contributed by atoms with Crippen LogP contribution in [0.25, 0.3) is 10.9 Å². The van der Waals surface area contributed by atoms with E-state index in [1.54, 1.807) is 30.5 Å². The molecule has 0 fully saturated rings. The van der Waals surface area contributed by atoms with Crippen molar-refractivity contribution in [2.75, 3.05) is 6.54 Å². The van der Waals surface area contributed by atoms with Crippen LogP contribution in [0.4, 0.5) is 0 Å². The Balaban J connectivity index is 2.13. The molecule has 5 nitrogen and oxygen atoms in total. The van der Waals surface area contributed by atoms with Crippen LogP contribution < -0.4 is 5.32 Å². The van der Waals surface area contributed by atoms with Gasteiger partial charge in [-0.05, 0) is 30.2 Å². The molecule has 0 saturated carbocycles. The normalized spacial score (nSPS) is 13.9. The van der Waals surface area contributed by atoms with Crippen LogP contribution in [-0.4, -0.2) is 33.8 Å². The fourth-order valence-electron chi connectivity index (χ4n) is 2.09. The van der Waals surface area contributed by atoms with Gasteiger partial charge in [-0.25, -0.2) is 0 Å². The molecule has 0 saturated heterocycles. The monoisotopic (exact) mass is 308 g/mol. The average molecular weight is 309 g/mol. The minimum atomic E-state index is -1.04. The average Bonchev–Trinajstić information content (AvgIpc) is 2.46. The molecule has 0 spiro atoms. The number of aliphatic hydroxyl groups excluding tert-OH is 2. The predicted molar refractivity (Wildman–Crippen MR) is 81.0 cm³/mol. The zero-order valence-corrected chi connectivity index (χ0v) is 12.3. The molecular weight excluding hydrogens is 292 g/mol. The maximum Gasteiger partial charge on any atom is 0.216 e. The number of hydrogen-bond acceptors (Lipinski definition) is 4. The maximum absolute atomic E-state index is 10.8. The van der Waals surface area contributed by atoms with E-state index in [2.05, 4.69) is 10.3 Å². The lowest BCUT2D eigenvalue weighted by molar-refractivity contribution is -0.119. The molecule has 1 heterocycles. The molecule has 2 rings (SSSR count). The summed E-state index contributed by atoms with van der Waals surface area (Å²) in [6, 6.07) is 6.85. The third kappa shape index (κ3) is 3.91. The molecule has 2 atom stereocenters. The number of carbonyl (C=O) groups is 1. The van der Waals surface area contributed by atoms with Gasteiger partial charge in [0.15, 0.2) is 0 Å². The van der Waals surface area contributed by atoms with Gasteiger partial charge in [-0.15, -0.1) is 0 Å². The first-order valence-electron chi connectivity index (χ1n) is 6.64. The lowest BCUT2D eigenvalue weighted by Crippen LogP contribution is -2.27. The lowest BCUT2D eigenvalue weighted by atomic mass is 10.0. The molecule has 0 aliphatic heterocycles. The van der Waals surface area contributed by atoms with E-state index >= 15 is 0 Å². The summed E-state index contributed by atoms with van der Waals surface area (Å²) in [4.78, 5) is 15.0. The van der Waals surface area contributed by atoms with Crippen LogP contribution in [-0.2, 0) is 4.79 Å². The number of nitrogens with one attached hydrogen (secondary N) is 1. The Kier molecular flexibility index (Phi) is 5.12. The Hall–Kier alpha value is -1.69. The molecule has 3 N–H and O–H groups in total. The van der Waals surface area contributed by atoms with E-state index in [4.69, 9.17) is 11.6 Å². The van der Waals surface area contributed by atoms with Gasteiger partial charge < -0.3 is 15.5 Å². The topological polar surface area (TPSA) is 82.5 Å². The summed E-state index contributed by atoms with van der Waals surface area (Å²) < 4.78 is 0. The van der Waals surface area contributed by atoms with E-state index < -0.39 is 12.2 Å². The number of amides is 1. The van der Waals surface area contributed by atoms with Crippen LogP contribution in [0.1, 0.15) is 25.0 Å². The van der Waals surface area contributed by atoms with E-state index in [0.29, 0.717) is 17.1 Å². The van der Waals surface area contributed by atoms with Crippen LogP contribution in [0.15, 0.2) is 30.5 Å². The van der Waals surface area contributed by atoms with E-state index in [-0.39, 0.29) is 12.3 Å². The third-order valence-electron chi connectivity index (χ3n) is 3.23. The van der Waals surface area contributed by atoms with Gasteiger partial charge in [0, 0.05) is 25.1 Å². The summed E-state index contributed by atoms with van der Waals surface area (Å²) >= 11 is 6.10. The number of hydrogen-bond donors (Lipinski definition) is 3. The zero-order valence-electron chi connectivity index (χ0n) is 11.6. The van der Waals surface area contributed by atoms with Crippen molar-refractivity contribution >= 4 is 28.4 Å². The fraction of sp³-hybridized carbons (Fsp3) is 0.333. The number of fused-ring (bicyclic) bond motifs is 1. The number of nitrogens with zero attached hydrogens (tertiary/aromatic N) is 1. The Morgan fingerprint density at radius 3 is 2.86 bits per heavy atom. The summed E-state index contributed by atoms with van der Waals surface area (Å²) in [5, 5.41) is 24.0. The van der Waals surface area contributed by atoms with Crippen molar-refractivity contribution in [2.45, 2.75) is 25.6 Å². The number of aromatic nitrogens is 1. The highest BCUT2D eigenvalue weighted by Crippen LogP contribution is 2.26. The van der Waals surface area contributed by atoms with Gasteiger partial charge in [0.05, 0.1) is 16.6 Å². The molecule has 112 valence electrons. The third-order valence-corrected chi connectivity index (χ3v) is 3.56. The van der Waals surface area contributed by atoms with Gasteiger partial charge in [0.25, 0.3) is 0 Å². The smallest absolute Gasteiger partial charge is 0.216 e. The molecule has 1 aromatic heterocycles. The summed E-state index contributed by atoms with van der Waals surface area (Å²) in [6.45, 7) is 1.71. The predicted octanol–water partition coefficient (Wildman–Crippen LogP) is 1.81. The summed E-state index contributed by atoms with van der Waals surface area (Å²) in [7, 11) is 0. The van der Waals surface area contributed by atoms with Crippen LogP contribution in [0.5, 0.6) is 0 Å². The second-order valence-electron chi connectivity index (χ2n) is 4.85. The fourth-order valence-corrected chi connectivity index (χ4v) is 2.30. The van der Waals surface area contributed by atoms with Gasteiger partial charge in [0.1, 0.15) is 6.10 Å². The molecule has 21 heavy (non-hydrogen) atoms. The highest BCUT2D eigenvalue weighted by atomic mass is 35.5. The lowest BCUT2D eigenvalue weighted by Gasteiger charge is -2.18. The van der Waals surface area contributed by atoms with Crippen molar-refractivity contribution in [1.82, 2.24) is 10.3 Å². The number of halogens is 1. The minimum Gasteiger partial charge on any atom is -0.390 e. The molecule has 1 aromatic carbocycles. The first-order chi connectivity index (χ1) is 9.99. The Bertz CT molecular complexity index is 648. The number of rotatable bonds is 5. The quantitative estimate of drug-likeness (QED) is 0.786. The molecule has 2 unspecified atom stereocenters. The molecular formula is C15H17ClN2O3. The van der Waals surface area contributed by atoms with Crippen LogP contribution >= 0.6 is 11.6 Å².